The monoisotopic (exact) mass is 317 g/mol. The number of benzene rings is 1. The first kappa shape index (κ1) is 15.7. The van der Waals surface area contributed by atoms with E-state index < -0.39 is 17.8 Å². The van der Waals surface area contributed by atoms with Crippen LogP contribution in [0.1, 0.15) is 52.8 Å². The van der Waals surface area contributed by atoms with Gasteiger partial charge in [-0.25, -0.2) is 4.79 Å². The van der Waals surface area contributed by atoms with Gasteiger partial charge in [-0.3, -0.25) is 9.59 Å². The van der Waals surface area contributed by atoms with Crippen molar-refractivity contribution in [2.75, 3.05) is 7.11 Å². The lowest BCUT2D eigenvalue weighted by molar-refractivity contribution is -0.170. The van der Waals surface area contributed by atoms with Crippen LogP contribution in [0.15, 0.2) is 24.3 Å². The lowest BCUT2D eigenvalue weighted by Gasteiger charge is -2.27. The highest BCUT2D eigenvalue weighted by atomic mass is 16.7. The molecule has 2 aliphatic rings. The van der Waals surface area contributed by atoms with E-state index in [4.69, 9.17) is 9.57 Å². The van der Waals surface area contributed by atoms with E-state index in [1.54, 1.807) is 31.4 Å². The molecule has 1 saturated carbocycles. The molecular weight excluding hydrogens is 298 g/mol. The highest BCUT2D eigenvalue weighted by Gasteiger charge is 2.38. The molecule has 6 nitrogen and oxygen atoms in total. The van der Waals surface area contributed by atoms with Crippen LogP contribution in [-0.4, -0.2) is 36.1 Å². The fraction of sp³-hybridized carbons (Fsp3) is 0.471. The fourth-order valence-electron chi connectivity index (χ4n) is 3.20. The molecule has 1 heterocycles. The topological polar surface area (TPSA) is 72.9 Å². The van der Waals surface area contributed by atoms with Gasteiger partial charge in [-0.05, 0) is 43.7 Å². The van der Waals surface area contributed by atoms with Gasteiger partial charge in [0.25, 0.3) is 11.8 Å². The number of carbonyl (C=O) groups excluding carboxylic acids is 3. The molecule has 0 saturated heterocycles. The Balaban J connectivity index is 1.57. The number of hydrogen-bond donors (Lipinski definition) is 0. The quantitative estimate of drug-likeness (QED) is 0.797. The van der Waals surface area contributed by atoms with Gasteiger partial charge >= 0.3 is 5.97 Å². The minimum Gasteiger partial charge on any atom is -0.381 e. The molecule has 0 bridgehead atoms. The van der Waals surface area contributed by atoms with Gasteiger partial charge in [0.05, 0.1) is 23.7 Å². The van der Waals surface area contributed by atoms with E-state index in [0.717, 1.165) is 25.7 Å². The van der Waals surface area contributed by atoms with Crippen LogP contribution < -0.4 is 0 Å². The number of hydrogen-bond acceptors (Lipinski definition) is 5. The molecule has 0 radical (unpaired) electrons. The zero-order valence-electron chi connectivity index (χ0n) is 13.0. The molecule has 1 aromatic carbocycles. The second-order valence-corrected chi connectivity index (χ2v) is 6.00. The molecular formula is C17H19NO5. The van der Waals surface area contributed by atoms with Gasteiger partial charge in [0.1, 0.15) is 0 Å². The largest absolute Gasteiger partial charge is 0.381 e. The molecule has 0 N–H and O–H groups in total. The van der Waals surface area contributed by atoms with Gasteiger partial charge in [0.2, 0.25) is 0 Å². The Kier molecular flexibility index (Phi) is 4.43. The third kappa shape index (κ3) is 3.12. The molecule has 1 fully saturated rings. The molecule has 0 unspecified atom stereocenters. The minimum absolute atomic E-state index is 0.212. The van der Waals surface area contributed by atoms with E-state index in [2.05, 4.69) is 0 Å². The molecule has 3 rings (SSSR count). The maximum absolute atomic E-state index is 12.1. The average molecular weight is 317 g/mol. The summed E-state index contributed by atoms with van der Waals surface area (Å²) < 4.78 is 5.30. The summed E-state index contributed by atoms with van der Waals surface area (Å²) in [5.74, 6) is -1.49. The number of imide groups is 1. The molecule has 0 atom stereocenters. The molecule has 0 spiro atoms. The summed E-state index contributed by atoms with van der Waals surface area (Å²) in [6.07, 6.45) is 4.08. The Morgan fingerprint density at radius 2 is 1.65 bits per heavy atom. The number of ether oxygens (including phenoxy) is 1. The van der Waals surface area contributed by atoms with Crippen LogP contribution in [0.3, 0.4) is 0 Å². The first-order valence-corrected chi connectivity index (χ1v) is 7.81. The Morgan fingerprint density at radius 3 is 2.17 bits per heavy atom. The van der Waals surface area contributed by atoms with E-state index in [9.17, 15) is 14.4 Å². The van der Waals surface area contributed by atoms with Crippen molar-refractivity contribution in [1.29, 1.82) is 0 Å². The first-order chi connectivity index (χ1) is 11.1. The summed E-state index contributed by atoms with van der Waals surface area (Å²) in [7, 11) is 1.70. The fourth-order valence-corrected chi connectivity index (χ4v) is 3.20. The highest BCUT2D eigenvalue weighted by molar-refractivity contribution is 6.20. The Labute approximate surface area is 134 Å². The summed E-state index contributed by atoms with van der Waals surface area (Å²) in [4.78, 5) is 41.4. The van der Waals surface area contributed by atoms with E-state index >= 15 is 0 Å². The second kappa shape index (κ2) is 6.50. The van der Waals surface area contributed by atoms with E-state index in [-0.39, 0.29) is 29.6 Å². The number of amides is 2. The zero-order chi connectivity index (χ0) is 16.4. The van der Waals surface area contributed by atoms with Gasteiger partial charge in [-0.1, -0.05) is 17.2 Å². The normalized spacial score (nSPS) is 23.8. The lowest BCUT2D eigenvalue weighted by Crippen LogP contribution is -2.33. The smallest absolute Gasteiger partial charge is 0.333 e. The summed E-state index contributed by atoms with van der Waals surface area (Å²) in [5.41, 5.74) is 0.539. The molecule has 1 aliphatic heterocycles. The molecule has 1 aliphatic carbocycles. The van der Waals surface area contributed by atoms with Gasteiger partial charge in [-0.15, -0.1) is 0 Å². The van der Waals surface area contributed by atoms with Crippen LogP contribution in [0.25, 0.3) is 0 Å². The van der Waals surface area contributed by atoms with Crippen LogP contribution in [0.4, 0.5) is 0 Å². The summed E-state index contributed by atoms with van der Waals surface area (Å²) in [6, 6.07) is 6.44. The summed E-state index contributed by atoms with van der Waals surface area (Å²) in [6.45, 7) is 0. The van der Waals surface area contributed by atoms with Crippen LogP contribution in [0, 0.1) is 5.92 Å². The Morgan fingerprint density at radius 1 is 1.09 bits per heavy atom. The van der Waals surface area contributed by atoms with Crippen molar-refractivity contribution in [2.45, 2.75) is 38.2 Å². The number of rotatable bonds is 4. The standard InChI is InChI=1S/C17H19NO5/c1-22-12-8-6-11(7-9-12)10-15(19)23-18-16(20)13-4-2-3-5-14(13)17(18)21/h2-5,11-12H,6-10H2,1H3. The minimum atomic E-state index is -0.581. The number of hydroxylamine groups is 2. The lowest BCUT2D eigenvalue weighted by atomic mass is 9.85. The SMILES string of the molecule is COC1CCC(CC(=O)ON2C(=O)c3ccccc3C2=O)CC1. The van der Waals surface area contributed by atoms with Crippen molar-refractivity contribution in [2.24, 2.45) is 5.92 Å². The zero-order valence-corrected chi connectivity index (χ0v) is 13.0. The molecule has 0 aromatic heterocycles. The third-order valence-corrected chi connectivity index (χ3v) is 4.53. The van der Waals surface area contributed by atoms with Gasteiger partial charge in [0, 0.05) is 7.11 Å². The van der Waals surface area contributed by atoms with Gasteiger partial charge in [0.15, 0.2) is 0 Å². The van der Waals surface area contributed by atoms with Crippen LogP contribution in [0.5, 0.6) is 0 Å². The van der Waals surface area contributed by atoms with E-state index in [1.165, 1.54) is 0 Å². The third-order valence-electron chi connectivity index (χ3n) is 4.53. The predicted molar refractivity (Wildman–Crippen MR) is 80.4 cm³/mol. The predicted octanol–water partition coefficient (Wildman–Crippen LogP) is 2.34. The van der Waals surface area contributed by atoms with Crippen LogP contribution in [0.2, 0.25) is 0 Å². The molecule has 6 heteroatoms. The number of fused-ring (bicyclic) bond motifs is 1. The maximum Gasteiger partial charge on any atom is 0.333 e. The van der Waals surface area contributed by atoms with Crippen molar-refractivity contribution in [3.63, 3.8) is 0 Å². The van der Waals surface area contributed by atoms with Crippen molar-refractivity contribution in [3.05, 3.63) is 35.4 Å². The van der Waals surface area contributed by atoms with Crippen molar-refractivity contribution in [1.82, 2.24) is 5.06 Å². The number of methoxy groups -OCH3 is 1. The van der Waals surface area contributed by atoms with Crippen LogP contribution in [-0.2, 0) is 14.4 Å². The van der Waals surface area contributed by atoms with Crippen molar-refractivity contribution in [3.8, 4) is 0 Å². The molecule has 23 heavy (non-hydrogen) atoms. The highest BCUT2D eigenvalue weighted by Crippen LogP contribution is 2.29. The van der Waals surface area contributed by atoms with E-state index in [1.807, 2.05) is 0 Å². The molecule has 2 amide bonds. The van der Waals surface area contributed by atoms with Gasteiger partial charge in [-0.2, -0.15) is 0 Å². The van der Waals surface area contributed by atoms with Gasteiger partial charge < -0.3 is 9.57 Å². The average Bonchev–Trinajstić information content (AvgIpc) is 2.81. The maximum atomic E-state index is 12.1. The Hall–Kier alpha value is -2.21. The number of carbonyl (C=O) groups is 3. The summed E-state index contributed by atoms with van der Waals surface area (Å²) in [5, 5.41) is 0.577. The van der Waals surface area contributed by atoms with Crippen molar-refractivity contribution < 1.29 is 24.0 Å². The number of nitrogens with zero attached hydrogens (tertiary/aromatic N) is 1. The molecule has 122 valence electrons. The summed E-state index contributed by atoms with van der Waals surface area (Å²) >= 11 is 0. The second-order valence-electron chi connectivity index (χ2n) is 6.00. The van der Waals surface area contributed by atoms with Crippen molar-refractivity contribution >= 4 is 17.8 Å². The molecule has 1 aromatic rings. The van der Waals surface area contributed by atoms with E-state index in [0.29, 0.717) is 5.06 Å². The Bertz CT molecular complexity index is 599. The first-order valence-electron chi connectivity index (χ1n) is 7.81. The van der Waals surface area contributed by atoms with Crippen LogP contribution >= 0.6 is 0 Å².